The third-order valence-corrected chi connectivity index (χ3v) is 11.5. The summed E-state index contributed by atoms with van der Waals surface area (Å²) in [6.45, 7) is 7.30. The molecule has 3 nitrogen and oxygen atoms in total. The second kappa shape index (κ2) is 15.6. The zero-order valence-corrected chi connectivity index (χ0v) is 31.9. The van der Waals surface area contributed by atoms with Gasteiger partial charge in [0.1, 0.15) is 5.58 Å². The Kier molecular flexibility index (Phi) is 11.0. The quantitative estimate of drug-likeness (QED) is 0.124. The van der Waals surface area contributed by atoms with E-state index in [4.69, 9.17) is 9.40 Å². The van der Waals surface area contributed by atoms with Gasteiger partial charge in [0.2, 0.25) is 0 Å². The summed E-state index contributed by atoms with van der Waals surface area (Å²) < 4.78 is 6.09. The second-order valence-corrected chi connectivity index (χ2v) is 19.0. The molecule has 8 rings (SSSR count). The van der Waals surface area contributed by atoms with Gasteiger partial charge in [-0.05, 0) is 57.6 Å². The fourth-order valence-electron chi connectivity index (χ4n) is 6.93. The van der Waals surface area contributed by atoms with Crippen LogP contribution < -0.4 is 5.19 Å². The molecular formula is C44H42IrN2OSi-2. The van der Waals surface area contributed by atoms with Crippen LogP contribution in [-0.2, 0) is 26.5 Å². The minimum Gasteiger partial charge on any atom is -0.477 e. The Bertz CT molecular complexity index is 2020. The van der Waals surface area contributed by atoms with Crippen molar-refractivity contribution in [1.29, 1.82) is 0 Å². The van der Waals surface area contributed by atoms with Gasteiger partial charge in [-0.25, -0.2) is 0 Å². The van der Waals surface area contributed by atoms with Crippen LogP contribution in [0.2, 0.25) is 19.6 Å². The van der Waals surface area contributed by atoms with Crippen molar-refractivity contribution in [2.24, 2.45) is 5.92 Å². The van der Waals surface area contributed by atoms with Gasteiger partial charge in [0.25, 0.3) is 0 Å². The summed E-state index contributed by atoms with van der Waals surface area (Å²) in [6, 6.07) is 43.9. The van der Waals surface area contributed by atoms with Gasteiger partial charge in [0, 0.05) is 32.5 Å². The first kappa shape index (κ1) is 34.7. The molecule has 0 unspecified atom stereocenters. The molecule has 1 fully saturated rings. The van der Waals surface area contributed by atoms with Crippen LogP contribution in [0.1, 0.15) is 37.7 Å². The predicted octanol–water partition coefficient (Wildman–Crippen LogP) is 11.3. The number of nitrogens with zero attached hydrogens (tertiary/aromatic N) is 2. The van der Waals surface area contributed by atoms with Gasteiger partial charge in [0.05, 0.1) is 13.7 Å². The SMILES string of the molecule is C[Si](C)(C)c1cnc(-c2[c-]cccc2)cc1CC1CCCCC1.[Ir].[c-]1c(-c2ccccn2)ccc2c1oc1cc(-c3ccccc3)ccc12. The van der Waals surface area contributed by atoms with Crippen LogP contribution in [0.25, 0.3) is 55.6 Å². The minimum atomic E-state index is -1.36. The molecule has 3 aromatic heterocycles. The van der Waals surface area contributed by atoms with E-state index in [-0.39, 0.29) is 20.1 Å². The monoisotopic (exact) mass is 835 g/mol. The Balaban J connectivity index is 0.000000167. The van der Waals surface area contributed by atoms with Crippen molar-refractivity contribution in [2.45, 2.75) is 58.2 Å². The van der Waals surface area contributed by atoms with E-state index in [9.17, 15) is 0 Å². The van der Waals surface area contributed by atoms with E-state index in [0.717, 1.165) is 55.9 Å². The first-order valence-electron chi connectivity index (χ1n) is 17.2. The predicted molar refractivity (Wildman–Crippen MR) is 203 cm³/mol. The molecule has 0 aliphatic heterocycles. The topological polar surface area (TPSA) is 38.9 Å². The van der Waals surface area contributed by atoms with Crippen molar-refractivity contribution in [3.63, 3.8) is 0 Å². The molecule has 0 bridgehead atoms. The summed E-state index contributed by atoms with van der Waals surface area (Å²) in [5.41, 5.74) is 9.57. The van der Waals surface area contributed by atoms with Crippen molar-refractivity contribution in [1.82, 2.24) is 9.97 Å². The molecule has 0 N–H and O–H groups in total. The molecule has 0 atom stereocenters. The van der Waals surface area contributed by atoms with E-state index in [2.05, 4.69) is 97.6 Å². The molecule has 1 aliphatic rings. The molecule has 5 heteroatoms. The summed E-state index contributed by atoms with van der Waals surface area (Å²) in [7, 11) is -1.36. The Labute approximate surface area is 305 Å². The molecular weight excluding hydrogens is 793 g/mol. The minimum absolute atomic E-state index is 0. The maximum atomic E-state index is 6.09. The van der Waals surface area contributed by atoms with Gasteiger partial charge in [-0.2, -0.15) is 0 Å². The summed E-state index contributed by atoms with van der Waals surface area (Å²) in [4.78, 5) is 9.16. The number of furan rings is 1. The van der Waals surface area contributed by atoms with E-state index in [1.165, 1.54) is 44.1 Å². The number of aromatic nitrogens is 2. The number of benzene rings is 4. The second-order valence-electron chi connectivity index (χ2n) is 14.0. The van der Waals surface area contributed by atoms with E-state index >= 15 is 0 Å². The molecule has 4 aromatic carbocycles. The first-order chi connectivity index (χ1) is 23.4. The molecule has 249 valence electrons. The van der Waals surface area contributed by atoms with E-state index < -0.39 is 8.07 Å². The molecule has 0 amide bonds. The zero-order valence-electron chi connectivity index (χ0n) is 28.5. The maximum Gasteiger partial charge on any atom is 0.124 e. The maximum absolute atomic E-state index is 6.09. The molecule has 1 radical (unpaired) electrons. The Morgan fingerprint density at radius 2 is 1.49 bits per heavy atom. The van der Waals surface area contributed by atoms with E-state index in [0.29, 0.717) is 0 Å². The fraction of sp³-hybridized carbons (Fsp3) is 0.227. The normalized spacial score (nSPS) is 13.4. The third-order valence-electron chi connectivity index (χ3n) is 9.46. The van der Waals surface area contributed by atoms with Crippen LogP contribution in [0.15, 0.2) is 126 Å². The average molecular weight is 835 g/mol. The number of rotatable bonds is 6. The van der Waals surface area contributed by atoms with Crippen LogP contribution >= 0.6 is 0 Å². The third kappa shape index (κ3) is 8.19. The number of pyridine rings is 2. The molecule has 1 aliphatic carbocycles. The van der Waals surface area contributed by atoms with Crippen molar-refractivity contribution < 1.29 is 24.5 Å². The van der Waals surface area contributed by atoms with Gasteiger partial charge in [-0.3, -0.25) is 0 Å². The standard InChI is InChI=1S/C23H14NO.C21H28NSi.Ir/c1-2-6-16(7-3-1)17-9-11-19-20-12-10-18(21-8-4-5-13-24-21)15-23(20)25-22(19)14-17;1-23(2,3)21-16-22-20(18-12-8-5-9-13-18)15-19(21)14-17-10-6-4-7-11-17;/h1-14H;5,8-9,12,15-17H,4,6-7,10-11,14H2,1-3H3;/q2*-1;. The largest absolute Gasteiger partial charge is 0.477 e. The van der Waals surface area contributed by atoms with Gasteiger partial charge < -0.3 is 14.4 Å². The van der Waals surface area contributed by atoms with Crippen molar-refractivity contribution in [3.8, 4) is 33.6 Å². The summed E-state index contributed by atoms with van der Waals surface area (Å²) >= 11 is 0. The first-order valence-corrected chi connectivity index (χ1v) is 20.7. The van der Waals surface area contributed by atoms with Gasteiger partial charge in [-0.1, -0.05) is 129 Å². The van der Waals surface area contributed by atoms with E-state index in [1.54, 1.807) is 16.9 Å². The molecule has 1 saturated carbocycles. The molecule has 49 heavy (non-hydrogen) atoms. The van der Waals surface area contributed by atoms with Crippen molar-refractivity contribution in [3.05, 3.63) is 139 Å². The van der Waals surface area contributed by atoms with Crippen LogP contribution in [0, 0.1) is 18.1 Å². The smallest absolute Gasteiger partial charge is 0.124 e. The van der Waals surface area contributed by atoms with Crippen LogP contribution in [0.3, 0.4) is 0 Å². The van der Waals surface area contributed by atoms with Crippen LogP contribution in [0.5, 0.6) is 0 Å². The fourth-order valence-corrected chi connectivity index (χ4v) is 8.52. The van der Waals surface area contributed by atoms with Crippen molar-refractivity contribution >= 4 is 35.2 Å². The Morgan fingerprint density at radius 1 is 0.714 bits per heavy atom. The molecule has 0 spiro atoms. The summed E-state index contributed by atoms with van der Waals surface area (Å²) in [5, 5.41) is 3.73. The van der Waals surface area contributed by atoms with Gasteiger partial charge in [-0.15, -0.1) is 53.6 Å². The van der Waals surface area contributed by atoms with Crippen LogP contribution in [0.4, 0.5) is 0 Å². The van der Waals surface area contributed by atoms with Gasteiger partial charge >= 0.3 is 0 Å². The molecule has 0 saturated heterocycles. The summed E-state index contributed by atoms with van der Waals surface area (Å²) in [5.74, 6) is 0.869. The number of fused-ring (bicyclic) bond motifs is 3. The number of hydrogen-bond acceptors (Lipinski definition) is 3. The van der Waals surface area contributed by atoms with E-state index in [1.807, 2.05) is 54.6 Å². The summed E-state index contributed by atoms with van der Waals surface area (Å²) in [6.07, 6.45) is 12.3. The Hall–Kier alpha value is -4.15. The van der Waals surface area contributed by atoms with Crippen LogP contribution in [-0.4, -0.2) is 18.0 Å². The number of hydrogen-bond donors (Lipinski definition) is 0. The van der Waals surface area contributed by atoms with Gasteiger partial charge in [0.15, 0.2) is 0 Å². The Morgan fingerprint density at radius 3 is 2.22 bits per heavy atom. The zero-order chi connectivity index (χ0) is 32.9. The molecule has 3 heterocycles. The average Bonchev–Trinajstić information content (AvgIpc) is 3.50. The molecule has 7 aromatic rings. The van der Waals surface area contributed by atoms with Crippen molar-refractivity contribution in [2.75, 3.05) is 0 Å².